The van der Waals surface area contributed by atoms with Gasteiger partial charge in [-0.2, -0.15) is 15.0 Å². The Labute approximate surface area is 156 Å². The van der Waals surface area contributed by atoms with E-state index in [2.05, 4.69) is 19.9 Å². The topological polar surface area (TPSA) is 93.5 Å². The maximum Gasteiger partial charge on any atom is 0.322 e. The lowest BCUT2D eigenvalue weighted by Crippen LogP contribution is -2.37. The molecule has 0 saturated carbocycles. The third-order valence-corrected chi connectivity index (χ3v) is 4.12. The molecule has 8 heteroatoms. The number of anilines is 1. The van der Waals surface area contributed by atoms with E-state index < -0.39 is 0 Å². The van der Waals surface area contributed by atoms with E-state index in [4.69, 9.17) is 9.47 Å². The first-order valence-corrected chi connectivity index (χ1v) is 8.68. The van der Waals surface area contributed by atoms with Crippen molar-refractivity contribution < 1.29 is 14.6 Å². The summed E-state index contributed by atoms with van der Waals surface area (Å²) in [6, 6.07) is 10.8. The number of aromatic hydroxyl groups is 1. The van der Waals surface area contributed by atoms with E-state index in [0.29, 0.717) is 50.2 Å². The number of hydrogen-bond donors (Lipinski definition) is 1. The summed E-state index contributed by atoms with van der Waals surface area (Å²) in [6.45, 7) is 2.98. The van der Waals surface area contributed by atoms with Gasteiger partial charge < -0.3 is 19.5 Å². The number of ether oxygens (including phenoxy) is 2. The van der Waals surface area contributed by atoms with E-state index in [0.717, 1.165) is 5.56 Å². The number of phenols is 1. The smallest absolute Gasteiger partial charge is 0.322 e. The van der Waals surface area contributed by atoms with Gasteiger partial charge in [-0.05, 0) is 29.8 Å². The molecule has 0 radical (unpaired) electrons. The molecule has 3 aromatic rings. The highest BCUT2D eigenvalue weighted by Crippen LogP contribution is 2.24. The zero-order chi connectivity index (χ0) is 18.5. The fourth-order valence-corrected chi connectivity index (χ4v) is 2.72. The molecule has 3 heterocycles. The summed E-state index contributed by atoms with van der Waals surface area (Å²) in [5, 5.41) is 9.78. The van der Waals surface area contributed by atoms with E-state index in [-0.39, 0.29) is 11.8 Å². The number of aromatic nitrogens is 4. The predicted octanol–water partition coefficient (Wildman–Crippen LogP) is 2.05. The van der Waals surface area contributed by atoms with Gasteiger partial charge in [0.2, 0.25) is 5.95 Å². The van der Waals surface area contributed by atoms with Crippen molar-refractivity contribution >= 4 is 5.95 Å². The first kappa shape index (κ1) is 17.2. The zero-order valence-corrected chi connectivity index (χ0v) is 14.7. The predicted molar refractivity (Wildman–Crippen MR) is 98.5 cm³/mol. The van der Waals surface area contributed by atoms with Crippen LogP contribution in [0, 0.1) is 0 Å². The summed E-state index contributed by atoms with van der Waals surface area (Å²) in [5.41, 5.74) is 1.66. The standard InChI is InChI=1S/C19H19N5O3/c25-16-3-1-2-15(12-16)17-21-18(24-8-10-26-11-9-24)23-19(22-17)27-13-14-4-6-20-7-5-14/h1-7,12,25H,8-11,13H2. The lowest BCUT2D eigenvalue weighted by Gasteiger charge is -2.27. The molecule has 1 aromatic carbocycles. The Morgan fingerprint density at radius 1 is 1.04 bits per heavy atom. The second-order valence-electron chi connectivity index (χ2n) is 6.04. The van der Waals surface area contributed by atoms with Crippen LogP contribution in [0.5, 0.6) is 11.8 Å². The number of nitrogens with zero attached hydrogens (tertiary/aromatic N) is 5. The zero-order valence-electron chi connectivity index (χ0n) is 14.7. The number of benzene rings is 1. The van der Waals surface area contributed by atoms with Crippen LogP contribution in [-0.4, -0.2) is 51.3 Å². The lowest BCUT2D eigenvalue weighted by molar-refractivity contribution is 0.122. The Bertz CT molecular complexity index is 901. The maximum atomic E-state index is 9.78. The second-order valence-corrected chi connectivity index (χ2v) is 6.04. The van der Waals surface area contributed by atoms with Gasteiger partial charge in [0.25, 0.3) is 0 Å². The van der Waals surface area contributed by atoms with Crippen LogP contribution in [0.2, 0.25) is 0 Å². The minimum absolute atomic E-state index is 0.153. The molecule has 138 valence electrons. The monoisotopic (exact) mass is 365 g/mol. The second kappa shape index (κ2) is 7.96. The fraction of sp³-hybridized carbons (Fsp3) is 0.263. The molecule has 8 nitrogen and oxygen atoms in total. The molecule has 4 rings (SSSR count). The maximum absolute atomic E-state index is 9.78. The molecule has 0 bridgehead atoms. The van der Waals surface area contributed by atoms with Crippen LogP contribution in [0.15, 0.2) is 48.8 Å². The van der Waals surface area contributed by atoms with Gasteiger partial charge in [0.05, 0.1) is 13.2 Å². The Balaban J connectivity index is 1.65. The van der Waals surface area contributed by atoms with Gasteiger partial charge in [-0.3, -0.25) is 4.98 Å². The average Bonchev–Trinajstić information content (AvgIpc) is 2.73. The van der Waals surface area contributed by atoms with Crippen molar-refractivity contribution in [3.63, 3.8) is 0 Å². The van der Waals surface area contributed by atoms with Crippen molar-refractivity contribution in [2.45, 2.75) is 6.61 Å². The number of hydrogen-bond acceptors (Lipinski definition) is 8. The molecular weight excluding hydrogens is 346 g/mol. The van der Waals surface area contributed by atoms with E-state index in [1.165, 1.54) is 0 Å². The first-order chi connectivity index (χ1) is 13.3. The molecule has 1 saturated heterocycles. The van der Waals surface area contributed by atoms with Crippen molar-refractivity contribution in [1.82, 2.24) is 19.9 Å². The largest absolute Gasteiger partial charge is 0.508 e. The molecule has 1 aliphatic rings. The van der Waals surface area contributed by atoms with Crippen LogP contribution >= 0.6 is 0 Å². The van der Waals surface area contributed by atoms with E-state index in [9.17, 15) is 5.11 Å². The molecule has 0 aliphatic carbocycles. The number of phenolic OH excluding ortho intramolecular Hbond substituents is 1. The van der Waals surface area contributed by atoms with Gasteiger partial charge in [0, 0.05) is 31.0 Å². The summed E-state index contributed by atoms with van der Waals surface area (Å²) in [4.78, 5) is 19.5. The Hall–Kier alpha value is -3.26. The van der Waals surface area contributed by atoms with Gasteiger partial charge >= 0.3 is 6.01 Å². The molecule has 2 aromatic heterocycles. The van der Waals surface area contributed by atoms with Gasteiger partial charge in [-0.15, -0.1) is 0 Å². The first-order valence-electron chi connectivity index (χ1n) is 8.68. The van der Waals surface area contributed by atoms with Gasteiger partial charge in [0.1, 0.15) is 12.4 Å². The highest BCUT2D eigenvalue weighted by atomic mass is 16.5. The van der Waals surface area contributed by atoms with Crippen LogP contribution in [-0.2, 0) is 11.3 Å². The summed E-state index contributed by atoms with van der Waals surface area (Å²) in [6.07, 6.45) is 3.42. The van der Waals surface area contributed by atoms with E-state index >= 15 is 0 Å². The molecule has 1 fully saturated rings. The van der Waals surface area contributed by atoms with Gasteiger partial charge in [0.15, 0.2) is 5.82 Å². The van der Waals surface area contributed by atoms with Crippen LogP contribution < -0.4 is 9.64 Å². The lowest BCUT2D eigenvalue weighted by atomic mass is 10.2. The normalized spacial score (nSPS) is 14.1. The molecule has 0 unspecified atom stereocenters. The SMILES string of the molecule is Oc1cccc(-c2nc(OCc3ccncc3)nc(N3CCOCC3)n2)c1. The average molecular weight is 365 g/mol. The molecule has 1 aliphatic heterocycles. The molecule has 0 spiro atoms. The molecular formula is C19H19N5O3. The number of rotatable bonds is 5. The van der Waals surface area contributed by atoms with Gasteiger partial charge in [-0.25, -0.2) is 0 Å². The van der Waals surface area contributed by atoms with Gasteiger partial charge in [-0.1, -0.05) is 12.1 Å². The summed E-state index contributed by atoms with van der Waals surface area (Å²) in [5.74, 6) is 1.14. The summed E-state index contributed by atoms with van der Waals surface area (Å²) < 4.78 is 11.2. The third-order valence-electron chi connectivity index (χ3n) is 4.12. The molecule has 27 heavy (non-hydrogen) atoms. The summed E-state index contributed by atoms with van der Waals surface area (Å²) >= 11 is 0. The van der Waals surface area contributed by atoms with Crippen molar-refractivity contribution in [2.24, 2.45) is 0 Å². The van der Waals surface area contributed by atoms with Crippen molar-refractivity contribution in [3.05, 3.63) is 54.4 Å². The van der Waals surface area contributed by atoms with Crippen LogP contribution in [0.3, 0.4) is 0 Å². The Morgan fingerprint density at radius 3 is 2.63 bits per heavy atom. The van der Waals surface area contributed by atoms with Crippen molar-refractivity contribution in [3.8, 4) is 23.1 Å². The highest BCUT2D eigenvalue weighted by Gasteiger charge is 2.18. The van der Waals surface area contributed by atoms with E-state index in [1.54, 1.807) is 30.6 Å². The fourth-order valence-electron chi connectivity index (χ4n) is 2.72. The molecule has 1 N–H and O–H groups in total. The molecule has 0 amide bonds. The molecule has 0 atom stereocenters. The Morgan fingerprint density at radius 2 is 1.85 bits per heavy atom. The van der Waals surface area contributed by atoms with Crippen LogP contribution in [0.25, 0.3) is 11.4 Å². The minimum atomic E-state index is 0.153. The van der Waals surface area contributed by atoms with E-state index in [1.807, 2.05) is 23.1 Å². The number of morpholine rings is 1. The quantitative estimate of drug-likeness (QED) is 0.734. The highest BCUT2D eigenvalue weighted by molar-refractivity contribution is 5.59. The summed E-state index contributed by atoms with van der Waals surface area (Å²) in [7, 11) is 0. The van der Waals surface area contributed by atoms with Crippen LogP contribution in [0.4, 0.5) is 5.95 Å². The van der Waals surface area contributed by atoms with Crippen molar-refractivity contribution in [2.75, 3.05) is 31.2 Å². The van der Waals surface area contributed by atoms with Crippen molar-refractivity contribution in [1.29, 1.82) is 0 Å². The minimum Gasteiger partial charge on any atom is -0.508 e. The Kier molecular flexibility index (Phi) is 5.06. The third kappa shape index (κ3) is 4.29. The van der Waals surface area contributed by atoms with Crippen LogP contribution in [0.1, 0.15) is 5.56 Å². The number of pyridine rings is 1.